The van der Waals surface area contributed by atoms with E-state index < -0.39 is 0 Å². The molecule has 2 aliphatic rings. The van der Waals surface area contributed by atoms with E-state index in [9.17, 15) is 0 Å². The molecule has 1 unspecified atom stereocenters. The molecule has 14 heavy (non-hydrogen) atoms. The number of rotatable bonds is 5. The van der Waals surface area contributed by atoms with E-state index >= 15 is 0 Å². The van der Waals surface area contributed by atoms with E-state index in [0.29, 0.717) is 6.04 Å². The Bertz CT molecular complexity index is 153. The lowest BCUT2D eigenvalue weighted by atomic mass is 9.83. The Hall–Kier alpha value is -0.120. The van der Waals surface area contributed by atoms with E-state index in [1.165, 1.54) is 32.2 Å². The van der Waals surface area contributed by atoms with Crippen molar-refractivity contribution in [2.75, 3.05) is 32.8 Å². The molecule has 1 heterocycles. The van der Waals surface area contributed by atoms with Gasteiger partial charge in [-0.1, -0.05) is 19.3 Å². The summed E-state index contributed by atoms with van der Waals surface area (Å²) in [4.78, 5) is 0. The van der Waals surface area contributed by atoms with Crippen LogP contribution in [-0.4, -0.2) is 38.9 Å². The molecule has 2 N–H and O–H groups in total. The molecule has 3 nitrogen and oxygen atoms in total. The topological polar surface area (TPSA) is 33.3 Å². The SMILES string of the molecule is C1CC(CCNCC2COCCN2)C1. The maximum absolute atomic E-state index is 5.39. The van der Waals surface area contributed by atoms with E-state index in [0.717, 1.165) is 32.2 Å². The third-order valence-electron chi connectivity index (χ3n) is 3.34. The van der Waals surface area contributed by atoms with Gasteiger partial charge in [-0.2, -0.15) is 0 Å². The molecular weight excluding hydrogens is 176 g/mol. The van der Waals surface area contributed by atoms with Gasteiger partial charge in [0.15, 0.2) is 0 Å². The zero-order valence-corrected chi connectivity index (χ0v) is 8.93. The Labute approximate surface area is 86.6 Å². The van der Waals surface area contributed by atoms with Gasteiger partial charge in [-0.05, 0) is 18.9 Å². The largest absolute Gasteiger partial charge is 0.378 e. The minimum Gasteiger partial charge on any atom is -0.378 e. The maximum atomic E-state index is 5.39. The summed E-state index contributed by atoms with van der Waals surface area (Å²) in [5.41, 5.74) is 0. The zero-order chi connectivity index (χ0) is 9.64. The van der Waals surface area contributed by atoms with E-state index in [4.69, 9.17) is 4.74 Å². The normalized spacial score (nSPS) is 28.7. The quantitative estimate of drug-likeness (QED) is 0.640. The number of ether oxygens (including phenoxy) is 1. The fraction of sp³-hybridized carbons (Fsp3) is 1.00. The Morgan fingerprint density at radius 1 is 1.36 bits per heavy atom. The van der Waals surface area contributed by atoms with Crippen molar-refractivity contribution < 1.29 is 4.74 Å². The van der Waals surface area contributed by atoms with Crippen LogP contribution in [0.25, 0.3) is 0 Å². The van der Waals surface area contributed by atoms with Crippen LogP contribution in [0.2, 0.25) is 0 Å². The molecular formula is C11H22N2O. The summed E-state index contributed by atoms with van der Waals surface area (Å²) < 4.78 is 5.39. The first-order valence-corrected chi connectivity index (χ1v) is 5.97. The first-order valence-electron chi connectivity index (χ1n) is 5.97. The summed E-state index contributed by atoms with van der Waals surface area (Å²) in [6.45, 7) is 5.00. The average molecular weight is 198 g/mol. The van der Waals surface area contributed by atoms with Gasteiger partial charge in [-0.25, -0.2) is 0 Å². The van der Waals surface area contributed by atoms with Crippen molar-refractivity contribution >= 4 is 0 Å². The fourth-order valence-corrected chi connectivity index (χ4v) is 2.11. The maximum Gasteiger partial charge on any atom is 0.0632 e. The number of hydrogen-bond donors (Lipinski definition) is 2. The van der Waals surface area contributed by atoms with Crippen molar-refractivity contribution in [3.63, 3.8) is 0 Å². The molecule has 0 bridgehead atoms. The van der Waals surface area contributed by atoms with Crippen LogP contribution in [0.3, 0.4) is 0 Å². The standard InChI is InChI=1S/C11H22N2O/c1-2-10(3-1)4-5-12-8-11-9-14-7-6-13-11/h10-13H,1-9H2. The molecule has 3 heteroatoms. The van der Waals surface area contributed by atoms with E-state index in [1.807, 2.05) is 0 Å². The van der Waals surface area contributed by atoms with Crippen LogP contribution in [0, 0.1) is 5.92 Å². The Balaban J connectivity index is 1.45. The number of hydrogen-bond acceptors (Lipinski definition) is 3. The summed E-state index contributed by atoms with van der Waals surface area (Å²) in [5, 5.41) is 6.96. The second-order valence-electron chi connectivity index (χ2n) is 4.52. The van der Waals surface area contributed by atoms with Gasteiger partial charge in [0.1, 0.15) is 0 Å². The molecule has 0 radical (unpaired) electrons. The van der Waals surface area contributed by atoms with Crippen LogP contribution >= 0.6 is 0 Å². The molecule has 2 fully saturated rings. The van der Waals surface area contributed by atoms with Gasteiger partial charge >= 0.3 is 0 Å². The molecule has 82 valence electrons. The lowest BCUT2D eigenvalue weighted by molar-refractivity contribution is 0.0765. The van der Waals surface area contributed by atoms with E-state index in [2.05, 4.69) is 10.6 Å². The molecule has 1 atom stereocenters. The third-order valence-corrected chi connectivity index (χ3v) is 3.34. The summed E-state index contributed by atoms with van der Waals surface area (Å²) in [5.74, 6) is 1.03. The molecule has 1 saturated heterocycles. The van der Waals surface area contributed by atoms with Gasteiger partial charge < -0.3 is 15.4 Å². The van der Waals surface area contributed by atoms with Crippen molar-refractivity contribution in [1.29, 1.82) is 0 Å². The van der Waals surface area contributed by atoms with Crippen molar-refractivity contribution in [2.24, 2.45) is 5.92 Å². The van der Waals surface area contributed by atoms with Crippen LogP contribution in [0.15, 0.2) is 0 Å². The molecule has 1 aliphatic carbocycles. The molecule has 0 aromatic heterocycles. The Morgan fingerprint density at radius 3 is 2.93 bits per heavy atom. The molecule has 2 rings (SSSR count). The molecule has 0 aromatic carbocycles. The molecule has 0 spiro atoms. The highest BCUT2D eigenvalue weighted by Crippen LogP contribution is 2.28. The first kappa shape index (κ1) is 10.4. The first-order chi connectivity index (χ1) is 6.95. The predicted octanol–water partition coefficient (Wildman–Crippen LogP) is 0.755. The average Bonchev–Trinajstić information content (AvgIpc) is 2.16. The highest BCUT2D eigenvalue weighted by atomic mass is 16.5. The highest BCUT2D eigenvalue weighted by Gasteiger charge is 2.17. The lowest BCUT2D eigenvalue weighted by Crippen LogP contribution is -2.47. The van der Waals surface area contributed by atoms with Gasteiger partial charge in [-0.15, -0.1) is 0 Å². The smallest absolute Gasteiger partial charge is 0.0632 e. The molecule has 1 aliphatic heterocycles. The van der Waals surface area contributed by atoms with E-state index in [-0.39, 0.29) is 0 Å². The van der Waals surface area contributed by atoms with Gasteiger partial charge in [-0.3, -0.25) is 0 Å². The molecule has 0 aromatic rings. The minimum atomic E-state index is 0.533. The minimum absolute atomic E-state index is 0.533. The summed E-state index contributed by atoms with van der Waals surface area (Å²) >= 11 is 0. The molecule has 0 amide bonds. The van der Waals surface area contributed by atoms with Crippen LogP contribution in [0.5, 0.6) is 0 Å². The van der Waals surface area contributed by atoms with Crippen molar-refractivity contribution in [3.8, 4) is 0 Å². The highest BCUT2D eigenvalue weighted by molar-refractivity contribution is 4.74. The summed E-state index contributed by atoms with van der Waals surface area (Å²) in [6.07, 6.45) is 5.76. The fourth-order valence-electron chi connectivity index (χ4n) is 2.11. The predicted molar refractivity (Wildman–Crippen MR) is 57.4 cm³/mol. The number of nitrogens with one attached hydrogen (secondary N) is 2. The lowest BCUT2D eigenvalue weighted by Gasteiger charge is -2.27. The van der Waals surface area contributed by atoms with Gasteiger partial charge in [0.2, 0.25) is 0 Å². The second-order valence-corrected chi connectivity index (χ2v) is 4.52. The van der Waals surface area contributed by atoms with Crippen molar-refractivity contribution in [3.05, 3.63) is 0 Å². The van der Waals surface area contributed by atoms with Gasteiger partial charge in [0.25, 0.3) is 0 Å². The Morgan fingerprint density at radius 2 is 2.29 bits per heavy atom. The van der Waals surface area contributed by atoms with Crippen LogP contribution in [0.4, 0.5) is 0 Å². The van der Waals surface area contributed by atoms with Gasteiger partial charge in [0.05, 0.1) is 13.2 Å². The van der Waals surface area contributed by atoms with Crippen molar-refractivity contribution in [1.82, 2.24) is 10.6 Å². The third kappa shape index (κ3) is 3.23. The van der Waals surface area contributed by atoms with Crippen LogP contribution in [0.1, 0.15) is 25.7 Å². The molecule has 1 saturated carbocycles. The zero-order valence-electron chi connectivity index (χ0n) is 8.93. The van der Waals surface area contributed by atoms with Crippen LogP contribution in [-0.2, 0) is 4.74 Å². The summed E-state index contributed by atoms with van der Waals surface area (Å²) in [6, 6.07) is 0.533. The monoisotopic (exact) mass is 198 g/mol. The number of morpholine rings is 1. The second kappa shape index (κ2) is 5.69. The Kier molecular flexibility index (Phi) is 4.22. The van der Waals surface area contributed by atoms with E-state index in [1.54, 1.807) is 0 Å². The summed E-state index contributed by atoms with van der Waals surface area (Å²) in [7, 11) is 0. The van der Waals surface area contributed by atoms with Crippen molar-refractivity contribution in [2.45, 2.75) is 31.7 Å². The van der Waals surface area contributed by atoms with Crippen LogP contribution < -0.4 is 10.6 Å². The van der Waals surface area contributed by atoms with Gasteiger partial charge in [0, 0.05) is 19.1 Å².